The van der Waals surface area contributed by atoms with Crippen molar-refractivity contribution in [3.63, 3.8) is 0 Å². The molecule has 1 aliphatic heterocycles. The van der Waals surface area contributed by atoms with Gasteiger partial charge < -0.3 is 10.1 Å². The van der Waals surface area contributed by atoms with E-state index < -0.39 is 0 Å². The largest absolute Gasteiger partial charge is 0.377 e. The standard InChI is InChI=1S/C8H15NO/c1-2-7(1)6-10-8-3-4-9-5-8/h7-9H,1-6H2. The molecule has 2 rings (SSSR count). The van der Waals surface area contributed by atoms with Gasteiger partial charge in [0.15, 0.2) is 0 Å². The third-order valence-electron chi connectivity index (χ3n) is 2.28. The van der Waals surface area contributed by atoms with Crippen molar-refractivity contribution in [1.29, 1.82) is 0 Å². The summed E-state index contributed by atoms with van der Waals surface area (Å²) >= 11 is 0. The van der Waals surface area contributed by atoms with Gasteiger partial charge in [-0.25, -0.2) is 0 Å². The fourth-order valence-electron chi connectivity index (χ4n) is 1.33. The van der Waals surface area contributed by atoms with Gasteiger partial charge in [0.1, 0.15) is 0 Å². The van der Waals surface area contributed by atoms with Gasteiger partial charge in [-0.15, -0.1) is 0 Å². The molecule has 0 radical (unpaired) electrons. The van der Waals surface area contributed by atoms with E-state index in [9.17, 15) is 0 Å². The number of hydrogen-bond donors (Lipinski definition) is 1. The van der Waals surface area contributed by atoms with Gasteiger partial charge in [-0.05, 0) is 31.7 Å². The van der Waals surface area contributed by atoms with Crippen LogP contribution in [-0.2, 0) is 4.74 Å². The lowest BCUT2D eigenvalue weighted by atomic mass is 10.3. The molecule has 0 spiro atoms. The van der Waals surface area contributed by atoms with Crippen molar-refractivity contribution < 1.29 is 4.74 Å². The van der Waals surface area contributed by atoms with E-state index in [0.717, 1.165) is 25.6 Å². The Kier molecular flexibility index (Phi) is 1.91. The maximum Gasteiger partial charge on any atom is 0.0711 e. The second-order valence-electron chi connectivity index (χ2n) is 3.39. The van der Waals surface area contributed by atoms with Crippen LogP contribution in [0.4, 0.5) is 0 Å². The maximum absolute atomic E-state index is 5.66. The van der Waals surface area contributed by atoms with E-state index in [1.807, 2.05) is 0 Å². The van der Waals surface area contributed by atoms with Crippen molar-refractivity contribution in [1.82, 2.24) is 5.32 Å². The molecule has 0 aromatic rings. The fraction of sp³-hybridized carbons (Fsp3) is 1.00. The molecule has 58 valence electrons. The first-order valence-electron chi connectivity index (χ1n) is 4.27. The Labute approximate surface area is 61.9 Å². The van der Waals surface area contributed by atoms with Crippen LogP contribution in [0, 0.1) is 5.92 Å². The smallest absolute Gasteiger partial charge is 0.0711 e. The SMILES string of the molecule is C1CC(OCC2CC2)CN1. The van der Waals surface area contributed by atoms with Gasteiger partial charge in [0, 0.05) is 13.2 Å². The van der Waals surface area contributed by atoms with E-state index in [2.05, 4.69) is 5.32 Å². The van der Waals surface area contributed by atoms with Crippen LogP contribution in [0.15, 0.2) is 0 Å². The second kappa shape index (κ2) is 2.89. The number of rotatable bonds is 3. The summed E-state index contributed by atoms with van der Waals surface area (Å²) in [7, 11) is 0. The summed E-state index contributed by atoms with van der Waals surface area (Å²) in [6, 6.07) is 0. The van der Waals surface area contributed by atoms with E-state index in [4.69, 9.17) is 4.74 Å². The summed E-state index contributed by atoms with van der Waals surface area (Å²) in [5.74, 6) is 0.917. The summed E-state index contributed by atoms with van der Waals surface area (Å²) < 4.78 is 5.66. The molecule has 0 bridgehead atoms. The van der Waals surface area contributed by atoms with Gasteiger partial charge >= 0.3 is 0 Å². The van der Waals surface area contributed by atoms with Gasteiger partial charge in [0.25, 0.3) is 0 Å². The predicted octanol–water partition coefficient (Wildman–Crippen LogP) is 0.775. The highest BCUT2D eigenvalue weighted by atomic mass is 16.5. The van der Waals surface area contributed by atoms with Crippen molar-refractivity contribution in [2.45, 2.75) is 25.4 Å². The minimum Gasteiger partial charge on any atom is -0.377 e. The van der Waals surface area contributed by atoms with E-state index in [-0.39, 0.29) is 0 Å². The second-order valence-corrected chi connectivity index (χ2v) is 3.39. The first-order valence-corrected chi connectivity index (χ1v) is 4.27. The first kappa shape index (κ1) is 6.62. The van der Waals surface area contributed by atoms with Gasteiger partial charge in [-0.1, -0.05) is 0 Å². The first-order chi connectivity index (χ1) is 4.95. The molecule has 0 amide bonds. The third-order valence-corrected chi connectivity index (χ3v) is 2.28. The van der Waals surface area contributed by atoms with Crippen LogP contribution in [0.25, 0.3) is 0 Å². The molecular formula is C8H15NO. The van der Waals surface area contributed by atoms with Crippen LogP contribution in [0.3, 0.4) is 0 Å². The number of nitrogens with one attached hydrogen (secondary N) is 1. The number of ether oxygens (including phenoxy) is 1. The normalized spacial score (nSPS) is 33.0. The highest BCUT2D eigenvalue weighted by Crippen LogP contribution is 2.29. The molecule has 0 aromatic heterocycles. The van der Waals surface area contributed by atoms with E-state index in [1.54, 1.807) is 0 Å². The molecule has 1 N–H and O–H groups in total. The molecule has 1 atom stereocenters. The van der Waals surface area contributed by atoms with Crippen LogP contribution < -0.4 is 5.32 Å². The average molecular weight is 141 g/mol. The molecule has 10 heavy (non-hydrogen) atoms. The highest BCUT2D eigenvalue weighted by Gasteiger charge is 2.24. The van der Waals surface area contributed by atoms with Crippen LogP contribution in [-0.4, -0.2) is 25.8 Å². The lowest BCUT2D eigenvalue weighted by Gasteiger charge is -2.08. The molecule has 1 saturated heterocycles. The highest BCUT2D eigenvalue weighted by molar-refractivity contribution is 4.75. The topological polar surface area (TPSA) is 21.3 Å². The monoisotopic (exact) mass is 141 g/mol. The van der Waals surface area contributed by atoms with E-state index in [0.29, 0.717) is 6.10 Å². The van der Waals surface area contributed by atoms with Crippen molar-refractivity contribution in [3.05, 3.63) is 0 Å². The van der Waals surface area contributed by atoms with E-state index >= 15 is 0 Å². The van der Waals surface area contributed by atoms with Crippen LogP contribution in [0.1, 0.15) is 19.3 Å². The minimum absolute atomic E-state index is 0.528. The Hall–Kier alpha value is -0.0800. The third kappa shape index (κ3) is 1.70. The Morgan fingerprint density at radius 2 is 2.20 bits per heavy atom. The Bertz CT molecular complexity index is 106. The van der Waals surface area contributed by atoms with Crippen molar-refractivity contribution in [2.75, 3.05) is 19.7 Å². The number of hydrogen-bond acceptors (Lipinski definition) is 2. The van der Waals surface area contributed by atoms with E-state index in [1.165, 1.54) is 19.3 Å². The van der Waals surface area contributed by atoms with Crippen LogP contribution in [0.2, 0.25) is 0 Å². The fourth-order valence-corrected chi connectivity index (χ4v) is 1.33. The van der Waals surface area contributed by atoms with Gasteiger partial charge in [-0.3, -0.25) is 0 Å². The summed E-state index contributed by atoms with van der Waals surface area (Å²) in [6.07, 6.45) is 4.55. The van der Waals surface area contributed by atoms with Crippen molar-refractivity contribution >= 4 is 0 Å². The van der Waals surface area contributed by atoms with Gasteiger partial charge in [-0.2, -0.15) is 0 Å². The lowest BCUT2D eigenvalue weighted by molar-refractivity contribution is 0.0594. The van der Waals surface area contributed by atoms with Crippen LogP contribution >= 0.6 is 0 Å². The average Bonchev–Trinajstić information content (AvgIpc) is 2.63. The Morgan fingerprint density at radius 1 is 1.30 bits per heavy atom. The zero-order valence-corrected chi connectivity index (χ0v) is 6.31. The summed E-state index contributed by atoms with van der Waals surface area (Å²) in [5.41, 5.74) is 0. The molecule has 2 heteroatoms. The maximum atomic E-state index is 5.66. The zero-order valence-electron chi connectivity index (χ0n) is 6.31. The molecule has 1 aliphatic carbocycles. The quantitative estimate of drug-likeness (QED) is 0.627. The molecule has 2 fully saturated rings. The molecule has 2 aliphatic rings. The molecular weight excluding hydrogens is 126 g/mol. The zero-order chi connectivity index (χ0) is 6.81. The molecule has 1 heterocycles. The van der Waals surface area contributed by atoms with Crippen molar-refractivity contribution in [3.8, 4) is 0 Å². The predicted molar refractivity (Wildman–Crippen MR) is 40.0 cm³/mol. The molecule has 0 aromatic carbocycles. The summed E-state index contributed by atoms with van der Waals surface area (Å²) in [6.45, 7) is 3.24. The summed E-state index contributed by atoms with van der Waals surface area (Å²) in [4.78, 5) is 0. The van der Waals surface area contributed by atoms with Crippen molar-refractivity contribution in [2.24, 2.45) is 5.92 Å². The Morgan fingerprint density at radius 3 is 2.80 bits per heavy atom. The van der Waals surface area contributed by atoms with Gasteiger partial charge in [0.2, 0.25) is 0 Å². The van der Waals surface area contributed by atoms with Gasteiger partial charge in [0.05, 0.1) is 6.10 Å². The lowest BCUT2D eigenvalue weighted by Crippen LogP contribution is -2.17. The molecule has 1 saturated carbocycles. The summed E-state index contributed by atoms with van der Waals surface area (Å²) in [5, 5.41) is 3.29. The minimum atomic E-state index is 0.528. The molecule has 1 unspecified atom stereocenters. The van der Waals surface area contributed by atoms with Crippen LogP contribution in [0.5, 0.6) is 0 Å². The Balaban J connectivity index is 1.59. The molecule has 2 nitrogen and oxygen atoms in total.